The van der Waals surface area contributed by atoms with Gasteiger partial charge in [0.15, 0.2) is 0 Å². The highest BCUT2D eigenvalue weighted by atomic mass is 19.3. The van der Waals surface area contributed by atoms with Crippen LogP contribution in [-0.2, 0) is 16.0 Å². The minimum absolute atomic E-state index is 0.150. The zero-order valence-electron chi connectivity index (χ0n) is 10.6. The lowest BCUT2D eigenvalue weighted by Crippen LogP contribution is -2.13. The molecule has 5 nitrogen and oxygen atoms in total. The Morgan fingerprint density at radius 3 is 2.65 bits per heavy atom. The number of alkyl halides is 2. The normalized spacial score (nSPS) is 12.6. The number of Topliss-reactive ketones (excluding diaryl/α,β-unsaturated/α-hetero) is 1. The summed E-state index contributed by atoms with van der Waals surface area (Å²) in [5.41, 5.74) is 0.794. The van der Waals surface area contributed by atoms with Crippen LogP contribution in [0.1, 0.15) is 23.4 Å². The minimum Gasteiger partial charge on any atom is -0.369 e. The Balaban J connectivity index is 2.16. The van der Waals surface area contributed by atoms with Crippen molar-refractivity contribution in [3.63, 3.8) is 0 Å². The van der Waals surface area contributed by atoms with E-state index in [9.17, 15) is 13.6 Å². The second-order valence-electron chi connectivity index (χ2n) is 4.02. The Kier molecular flexibility index (Phi) is 4.52. The fraction of sp³-hybridized carbons (Fsp3) is 0.308. The summed E-state index contributed by atoms with van der Waals surface area (Å²) in [6, 6.07) is 9.12. The molecule has 2 aromatic rings. The fourth-order valence-corrected chi connectivity index (χ4v) is 1.69. The molecular formula is C13H12F2N2O3. The zero-order chi connectivity index (χ0) is 14.5. The van der Waals surface area contributed by atoms with Gasteiger partial charge in [0.25, 0.3) is 6.43 Å². The number of ether oxygens (including phenoxy) is 1. The molecule has 1 aromatic heterocycles. The highest BCUT2D eigenvalue weighted by Gasteiger charge is 2.23. The van der Waals surface area contributed by atoms with Crippen molar-refractivity contribution >= 4 is 5.78 Å². The summed E-state index contributed by atoms with van der Waals surface area (Å²) >= 11 is 0. The van der Waals surface area contributed by atoms with E-state index in [-0.39, 0.29) is 11.7 Å². The smallest absolute Gasteiger partial charge is 0.296 e. The molecule has 0 spiro atoms. The number of hydrogen-bond donors (Lipinski definition) is 0. The van der Waals surface area contributed by atoms with Gasteiger partial charge in [-0.2, -0.15) is 4.98 Å². The molecule has 20 heavy (non-hydrogen) atoms. The van der Waals surface area contributed by atoms with Crippen molar-refractivity contribution in [1.82, 2.24) is 10.1 Å². The third-order valence-corrected chi connectivity index (χ3v) is 2.63. The van der Waals surface area contributed by atoms with Gasteiger partial charge in [-0.15, -0.1) is 0 Å². The number of benzene rings is 1. The molecule has 0 radical (unpaired) electrons. The SMILES string of the molecule is COC(c1ccccc1)c1noc(CC(=O)C(F)F)n1. The van der Waals surface area contributed by atoms with E-state index in [1.807, 2.05) is 30.3 Å². The predicted molar refractivity (Wildman–Crippen MR) is 64.3 cm³/mol. The van der Waals surface area contributed by atoms with E-state index in [4.69, 9.17) is 9.26 Å². The number of nitrogens with zero attached hydrogens (tertiary/aromatic N) is 2. The molecule has 0 saturated carbocycles. The molecule has 0 amide bonds. The average molecular weight is 282 g/mol. The van der Waals surface area contributed by atoms with Crippen LogP contribution in [0.5, 0.6) is 0 Å². The zero-order valence-corrected chi connectivity index (χ0v) is 10.6. The largest absolute Gasteiger partial charge is 0.369 e. The third kappa shape index (κ3) is 3.24. The van der Waals surface area contributed by atoms with Gasteiger partial charge in [-0.25, -0.2) is 8.78 Å². The predicted octanol–water partition coefficient (Wildman–Crippen LogP) is 2.18. The van der Waals surface area contributed by atoms with Gasteiger partial charge in [0.2, 0.25) is 17.5 Å². The van der Waals surface area contributed by atoms with Crippen molar-refractivity contribution in [2.75, 3.05) is 7.11 Å². The Labute approximate surface area is 113 Å². The third-order valence-electron chi connectivity index (χ3n) is 2.63. The van der Waals surface area contributed by atoms with Crippen LogP contribution in [0, 0.1) is 0 Å². The van der Waals surface area contributed by atoms with Crippen LogP contribution in [0.2, 0.25) is 0 Å². The maximum absolute atomic E-state index is 12.1. The molecule has 1 heterocycles. The van der Waals surface area contributed by atoms with E-state index in [2.05, 4.69) is 10.1 Å². The summed E-state index contributed by atoms with van der Waals surface area (Å²) in [6.07, 6.45) is -4.20. The van der Waals surface area contributed by atoms with Gasteiger partial charge in [0, 0.05) is 7.11 Å². The van der Waals surface area contributed by atoms with Crippen LogP contribution >= 0.6 is 0 Å². The number of carbonyl (C=O) groups excluding carboxylic acids is 1. The number of halogens is 2. The van der Waals surface area contributed by atoms with Crippen molar-refractivity contribution in [3.05, 3.63) is 47.6 Å². The van der Waals surface area contributed by atoms with Crippen LogP contribution in [0.15, 0.2) is 34.9 Å². The number of ketones is 1. The second kappa shape index (κ2) is 6.33. The minimum atomic E-state index is -3.04. The van der Waals surface area contributed by atoms with E-state index in [1.165, 1.54) is 7.11 Å². The number of carbonyl (C=O) groups is 1. The lowest BCUT2D eigenvalue weighted by atomic mass is 10.1. The molecule has 0 aliphatic heterocycles. The molecule has 0 bridgehead atoms. The molecule has 0 saturated heterocycles. The molecule has 0 aliphatic carbocycles. The Morgan fingerprint density at radius 1 is 1.35 bits per heavy atom. The Morgan fingerprint density at radius 2 is 2.05 bits per heavy atom. The van der Waals surface area contributed by atoms with Crippen LogP contribution < -0.4 is 0 Å². The molecule has 0 N–H and O–H groups in total. The maximum atomic E-state index is 12.1. The topological polar surface area (TPSA) is 65.2 Å². The molecule has 1 atom stereocenters. The number of rotatable bonds is 6. The standard InChI is InChI=1S/C13H12F2N2O3/c1-19-11(8-5-3-2-4-6-8)13-16-10(20-17-13)7-9(18)12(14)15/h2-6,11-12H,7H2,1H3. The van der Waals surface area contributed by atoms with E-state index in [0.717, 1.165) is 5.56 Å². The first kappa shape index (κ1) is 14.3. The molecule has 0 fully saturated rings. The molecule has 1 aromatic carbocycles. The Bertz CT molecular complexity index is 572. The fourth-order valence-electron chi connectivity index (χ4n) is 1.69. The number of methoxy groups -OCH3 is 1. The van der Waals surface area contributed by atoms with Gasteiger partial charge in [0.1, 0.15) is 6.10 Å². The second-order valence-corrected chi connectivity index (χ2v) is 4.02. The van der Waals surface area contributed by atoms with Gasteiger partial charge in [-0.1, -0.05) is 35.5 Å². The first-order chi connectivity index (χ1) is 9.61. The van der Waals surface area contributed by atoms with Gasteiger partial charge < -0.3 is 9.26 Å². The van der Waals surface area contributed by atoms with Gasteiger partial charge in [0.05, 0.1) is 6.42 Å². The van der Waals surface area contributed by atoms with Crippen LogP contribution in [-0.4, -0.2) is 29.5 Å². The molecule has 7 heteroatoms. The van der Waals surface area contributed by atoms with Crippen LogP contribution in [0.25, 0.3) is 0 Å². The monoisotopic (exact) mass is 282 g/mol. The number of hydrogen-bond acceptors (Lipinski definition) is 5. The summed E-state index contributed by atoms with van der Waals surface area (Å²) in [4.78, 5) is 14.8. The summed E-state index contributed by atoms with van der Waals surface area (Å²) < 4.78 is 34.4. The van der Waals surface area contributed by atoms with Crippen molar-refractivity contribution in [2.24, 2.45) is 0 Å². The van der Waals surface area contributed by atoms with Crippen molar-refractivity contribution in [3.8, 4) is 0 Å². The van der Waals surface area contributed by atoms with E-state index < -0.39 is 24.7 Å². The lowest BCUT2D eigenvalue weighted by Gasteiger charge is -2.10. The summed E-state index contributed by atoms with van der Waals surface area (Å²) in [6.45, 7) is 0. The molecule has 0 aliphatic rings. The Hall–Kier alpha value is -2.15. The lowest BCUT2D eigenvalue weighted by molar-refractivity contribution is -0.129. The highest BCUT2D eigenvalue weighted by Crippen LogP contribution is 2.22. The van der Waals surface area contributed by atoms with Crippen molar-refractivity contribution in [1.29, 1.82) is 0 Å². The first-order valence-corrected chi connectivity index (χ1v) is 5.83. The summed E-state index contributed by atoms with van der Waals surface area (Å²) in [7, 11) is 1.47. The van der Waals surface area contributed by atoms with Gasteiger partial charge in [-0.3, -0.25) is 4.79 Å². The van der Waals surface area contributed by atoms with E-state index >= 15 is 0 Å². The number of aromatic nitrogens is 2. The average Bonchev–Trinajstić information content (AvgIpc) is 2.89. The van der Waals surface area contributed by atoms with Crippen LogP contribution in [0.4, 0.5) is 8.78 Å². The highest BCUT2D eigenvalue weighted by molar-refractivity contribution is 5.82. The summed E-state index contributed by atoms with van der Waals surface area (Å²) in [5, 5.41) is 3.67. The molecule has 1 unspecified atom stereocenters. The first-order valence-electron chi connectivity index (χ1n) is 5.83. The summed E-state index contributed by atoms with van der Waals surface area (Å²) in [5.74, 6) is -1.21. The van der Waals surface area contributed by atoms with Crippen LogP contribution in [0.3, 0.4) is 0 Å². The molecular weight excluding hydrogens is 270 g/mol. The molecule has 2 rings (SSSR count). The van der Waals surface area contributed by atoms with Crippen molar-refractivity contribution in [2.45, 2.75) is 19.0 Å². The van der Waals surface area contributed by atoms with Crippen molar-refractivity contribution < 1.29 is 22.8 Å². The van der Waals surface area contributed by atoms with E-state index in [0.29, 0.717) is 0 Å². The van der Waals surface area contributed by atoms with E-state index in [1.54, 1.807) is 0 Å². The maximum Gasteiger partial charge on any atom is 0.296 e. The molecule has 106 valence electrons. The van der Waals surface area contributed by atoms with Gasteiger partial charge in [-0.05, 0) is 5.56 Å². The van der Waals surface area contributed by atoms with Gasteiger partial charge >= 0.3 is 0 Å². The quantitative estimate of drug-likeness (QED) is 0.812.